The number of benzene rings is 2. The van der Waals surface area contributed by atoms with Gasteiger partial charge in [-0.25, -0.2) is 4.79 Å². The smallest absolute Gasteiger partial charge is 0.326 e. The van der Waals surface area contributed by atoms with Crippen molar-refractivity contribution in [2.75, 3.05) is 20.8 Å². The molecule has 0 aliphatic carbocycles. The highest BCUT2D eigenvalue weighted by Crippen LogP contribution is 2.37. The summed E-state index contributed by atoms with van der Waals surface area (Å²) < 4.78 is 21.6. The first kappa shape index (κ1) is 24.1. The number of hydrogen-bond donors (Lipinski definition) is 3. The minimum absolute atomic E-state index is 0.0504. The van der Waals surface area contributed by atoms with E-state index in [2.05, 4.69) is 5.32 Å². The molecule has 0 saturated carbocycles. The van der Waals surface area contributed by atoms with Crippen LogP contribution in [0.5, 0.6) is 23.0 Å². The Morgan fingerprint density at radius 1 is 1.12 bits per heavy atom. The van der Waals surface area contributed by atoms with Gasteiger partial charge in [-0.05, 0) is 24.3 Å². The van der Waals surface area contributed by atoms with Gasteiger partial charge in [0.25, 0.3) is 5.91 Å². The number of para-hydroxylation sites is 1. The van der Waals surface area contributed by atoms with Gasteiger partial charge in [-0.2, -0.15) is 0 Å². The van der Waals surface area contributed by atoms with Gasteiger partial charge in [0, 0.05) is 11.6 Å². The average Bonchev–Trinajstić information content (AvgIpc) is 3.11. The summed E-state index contributed by atoms with van der Waals surface area (Å²) in [6, 6.07) is 7.94. The zero-order valence-electron chi connectivity index (χ0n) is 18.2. The highest BCUT2D eigenvalue weighted by Gasteiger charge is 2.29. The van der Waals surface area contributed by atoms with E-state index in [1.165, 1.54) is 38.5 Å². The van der Waals surface area contributed by atoms with Gasteiger partial charge in [0.15, 0.2) is 23.9 Å². The molecule has 1 aliphatic heterocycles. The Bertz CT molecular complexity index is 1170. The number of ketones is 1. The number of carboxylic acids is 2. The Hall–Kier alpha value is -4.54. The Balaban J connectivity index is 1.70. The Labute approximate surface area is 193 Å². The second kappa shape index (κ2) is 10.4. The standard InChI is InChI=1S/C23H21NO10/c1-31-16-5-3-4-12(22(16)32-2)8-18-21(28)14-7-6-13(9-17(14)34-18)33-11-19(25)24-15(23(29)30)10-20(26)27/h3-9,15H,10-11H2,1-2H3,(H,24,25)(H,26,27)(H,29,30). The number of rotatable bonds is 10. The van der Waals surface area contributed by atoms with E-state index in [-0.39, 0.29) is 28.6 Å². The fourth-order valence-corrected chi connectivity index (χ4v) is 3.18. The fraction of sp³-hybridized carbons (Fsp3) is 0.217. The highest BCUT2D eigenvalue weighted by atomic mass is 16.5. The predicted molar refractivity (Wildman–Crippen MR) is 116 cm³/mol. The number of carbonyl (C=O) groups is 4. The Morgan fingerprint density at radius 3 is 2.53 bits per heavy atom. The molecule has 178 valence electrons. The molecule has 1 aliphatic rings. The maximum absolute atomic E-state index is 12.7. The molecule has 3 N–H and O–H groups in total. The van der Waals surface area contributed by atoms with E-state index < -0.39 is 36.9 Å². The molecule has 11 heteroatoms. The van der Waals surface area contributed by atoms with Crippen LogP contribution in [0, 0.1) is 0 Å². The Morgan fingerprint density at radius 2 is 1.88 bits per heavy atom. The van der Waals surface area contributed by atoms with E-state index in [1.807, 2.05) is 0 Å². The van der Waals surface area contributed by atoms with Crippen molar-refractivity contribution in [3.63, 3.8) is 0 Å². The lowest BCUT2D eigenvalue weighted by Crippen LogP contribution is -2.44. The molecule has 11 nitrogen and oxygen atoms in total. The lowest BCUT2D eigenvalue weighted by atomic mass is 10.1. The van der Waals surface area contributed by atoms with Crippen molar-refractivity contribution in [2.45, 2.75) is 12.5 Å². The van der Waals surface area contributed by atoms with Gasteiger partial charge in [-0.3, -0.25) is 14.4 Å². The number of ether oxygens (including phenoxy) is 4. The zero-order valence-corrected chi connectivity index (χ0v) is 18.2. The second-order valence-corrected chi connectivity index (χ2v) is 7.03. The van der Waals surface area contributed by atoms with E-state index in [1.54, 1.807) is 18.2 Å². The number of carbonyl (C=O) groups excluding carboxylic acids is 2. The maximum atomic E-state index is 12.7. The van der Waals surface area contributed by atoms with Gasteiger partial charge in [0.1, 0.15) is 17.5 Å². The van der Waals surface area contributed by atoms with Crippen molar-refractivity contribution in [1.82, 2.24) is 5.32 Å². The summed E-state index contributed by atoms with van der Waals surface area (Å²) in [7, 11) is 2.98. The summed E-state index contributed by atoms with van der Waals surface area (Å²) in [6.45, 7) is -0.570. The van der Waals surface area contributed by atoms with Crippen LogP contribution in [-0.2, 0) is 14.4 Å². The number of carboxylic acid groups (broad SMARTS) is 2. The maximum Gasteiger partial charge on any atom is 0.326 e. The van der Waals surface area contributed by atoms with E-state index in [0.29, 0.717) is 17.1 Å². The highest BCUT2D eigenvalue weighted by molar-refractivity contribution is 6.14. The second-order valence-electron chi connectivity index (χ2n) is 7.03. The van der Waals surface area contributed by atoms with Crippen LogP contribution in [0.25, 0.3) is 6.08 Å². The van der Waals surface area contributed by atoms with E-state index in [9.17, 15) is 19.2 Å². The number of nitrogens with one attached hydrogen (secondary N) is 1. The van der Waals surface area contributed by atoms with Crippen LogP contribution in [0.4, 0.5) is 0 Å². The quantitative estimate of drug-likeness (QED) is 0.436. The van der Waals surface area contributed by atoms with Crippen LogP contribution in [0.2, 0.25) is 0 Å². The van der Waals surface area contributed by atoms with Crippen LogP contribution < -0.4 is 24.3 Å². The molecule has 1 unspecified atom stereocenters. The lowest BCUT2D eigenvalue weighted by Gasteiger charge is -2.13. The molecule has 0 spiro atoms. The molecule has 0 aromatic heterocycles. The number of allylic oxidation sites excluding steroid dienone is 1. The lowest BCUT2D eigenvalue weighted by molar-refractivity contribution is -0.147. The van der Waals surface area contributed by atoms with Gasteiger partial charge in [-0.15, -0.1) is 0 Å². The van der Waals surface area contributed by atoms with Crippen molar-refractivity contribution in [3.05, 3.63) is 53.3 Å². The summed E-state index contributed by atoms with van der Waals surface area (Å²) >= 11 is 0. The zero-order chi connectivity index (χ0) is 24.8. The van der Waals surface area contributed by atoms with Crippen LogP contribution in [0.15, 0.2) is 42.2 Å². The normalized spacial score (nSPS) is 14.1. The number of fused-ring (bicyclic) bond motifs is 1. The summed E-state index contributed by atoms with van der Waals surface area (Å²) in [6.07, 6.45) is 0.745. The predicted octanol–water partition coefficient (Wildman–Crippen LogP) is 1.74. The SMILES string of the molecule is COc1cccc(C=C2Oc3cc(OCC(=O)NC(CC(=O)O)C(=O)O)ccc3C2=O)c1OC. The largest absolute Gasteiger partial charge is 0.493 e. The van der Waals surface area contributed by atoms with E-state index in [0.717, 1.165) is 0 Å². The molecule has 1 atom stereocenters. The van der Waals surface area contributed by atoms with Crippen LogP contribution >= 0.6 is 0 Å². The molecule has 0 fully saturated rings. The number of Topliss-reactive ketones (excluding diaryl/α,β-unsaturated/α-hetero) is 1. The Kier molecular flexibility index (Phi) is 7.36. The van der Waals surface area contributed by atoms with Gasteiger partial charge < -0.3 is 34.5 Å². The molecule has 0 bridgehead atoms. The molecule has 2 aromatic rings. The van der Waals surface area contributed by atoms with E-state index >= 15 is 0 Å². The topological polar surface area (TPSA) is 158 Å². The third-order valence-electron chi connectivity index (χ3n) is 4.74. The van der Waals surface area contributed by atoms with Crippen molar-refractivity contribution in [1.29, 1.82) is 0 Å². The first-order valence-electron chi connectivity index (χ1n) is 9.89. The molecule has 1 heterocycles. The fourth-order valence-electron chi connectivity index (χ4n) is 3.18. The van der Waals surface area contributed by atoms with Gasteiger partial charge in [0.2, 0.25) is 5.78 Å². The summed E-state index contributed by atoms with van der Waals surface area (Å²) in [5.41, 5.74) is 0.859. The third-order valence-corrected chi connectivity index (χ3v) is 4.74. The number of methoxy groups -OCH3 is 2. The monoisotopic (exact) mass is 471 g/mol. The van der Waals surface area contributed by atoms with Crippen molar-refractivity contribution in [2.24, 2.45) is 0 Å². The summed E-state index contributed by atoms with van der Waals surface area (Å²) in [5.74, 6) is -2.66. The van der Waals surface area contributed by atoms with E-state index in [4.69, 9.17) is 29.2 Å². The average molecular weight is 471 g/mol. The third kappa shape index (κ3) is 5.44. The van der Waals surface area contributed by atoms with Crippen LogP contribution in [0.1, 0.15) is 22.3 Å². The van der Waals surface area contributed by atoms with Gasteiger partial charge in [-0.1, -0.05) is 12.1 Å². The van der Waals surface area contributed by atoms with Gasteiger partial charge in [0.05, 0.1) is 26.2 Å². The molecule has 0 radical (unpaired) electrons. The first-order valence-corrected chi connectivity index (χ1v) is 9.89. The number of amides is 1. The van der Waals surface area contributed by atoms with Crippen LogP contribution in [-0.4, -0.2) is 60.7 Å². The summed E-state index contributed by atoms with van der Waals surface area (Å²) in [4.78, 5) is 46.5. The first-order chi connectivity index (χ1) is 16.2. The summed E-state index contributed by atoms with van der Waals surface area (Å²) in [5, 5.41) is 19.8. The number of hydrogen-bond acceptors (Lipinski definition) is 8. The molecule has 2 aromatic carbocycles. The number of aliphatic carboxylic acids is 2. The van der Waals surface area contributed by atoms with Crippen molar-refractivity contribution < 1.29 is 48.3 Å². The minimum atomic E-state index is -1.59. The minimum Gasteiger partial charge on any atom is -0.493 e. The van der Waals surface area contributed by atoms with Crippen LogP contribution in [0.3, 0.4) is 0 Å². The molecule has 3 rings (SSSR count). The molecular weight excluding hydrogens is 450 g/mol. The molecule has 0 saturated heterocycles. The van der Waals surface area contributed by atoms with Crippen molar-refractivity contribution >= 4 is 29.7 Å². The molecule has 34 heavy (non-hydrogen) atoms. The van der Waals surface area contributed by atoms with Crippen molar-refractivity contribution in [3.8, 4) is 23.0 Å². The molecular formula is C23H21NO10. The van der Waals surface area contributed by atoms with Gasteiger partial charge >= 0.3 is 11.9 Å². The molecule has 1 amide bonds.